The summed E-state index contributed by atoms with van der Waals surface area (Å²) in [5.74, 6) is -0.0608. The van der Waals surface area contributed by atoms with Crippen molar-refractivity contribution in [2.24, 2.45) is 0 Å². The van der Waals surface area contributed by atoms with E-state index in [1.54, 1.807) is 0 Å². The van der Waals surface area contributed by atoms with Crippen LogP contribution in [0.15, 0.2) is 17.2 Å². The summed E-state index contributed by atoms with van der Waals surface area (Å²) >= 11 is 0. The molecule has 7 nitrogen and oxygen atoms in total. The van der Waals surface area contributed by atoms with Gasteiger partial charge < -0.3 is 19.7 Å². The predicted octanol–water partition coefficient (Wildman–Crippen LogP) is 0.402. The molecule has 0 aromatic carbocycles. The molecule has 7 heteroatoms. The Kier molecular flexibility index (Phi) is 5.63. The molecule has 1 N–H and O–H groups in total. The number of rotatable bonds is 4. The van der Waals surface area contributed by atoms with E-state index in [9.17, 15) is 9.59 Å². The van der Waals surface area contributed by atoms with Gasteiger partial charge >= 0.3 is 0 Å². The van der Waals surface area contributed by atoms with E-state index in [-0.39, 0.29) is 17.5 Å². The first kappa shape index (κ1) is 17.1. The van der Waals surface area contributed by atoms with E-state index in [1.165, 1.54) is 18.8 Å². The fourth-order valence-corrected chi connectivity index (χ4v) is 3.58. The molecule has 3 rings (SSSR count). The van der Waals surface area contributed by atoms with Crippen molar-refractivity contribution in [1.29, 1.82) is 0 Å². The molecule has 3 heterocycles. The maximum Gasteiger partial charge on any atom is 0.274 e. The zero-order chi connectivity index (χ0) is 16.9. The molecule has 2 aliphatic heterocycles. The van der Waals surface area contributed by atoms with Gasteiger partial charge in [-0.05, 0) is 32.7 Å². The minimum Gasteiger partial charge on any atom is -0.334 e. The Bertz CT molecular complexity index is 589. The molecule has 0 saturated carbocycles. The summed E-state index contributed by atoms with van der Waals surface area (Å²) in [5, 5.41) is 0. The van der Waals surface area contributed by atoms with Crippen molar-refractivity contribution < 1.29 is 4.79 Å². The summed E-state index contributed by atoms with van der Waals surface area (Å²) in [5.41, 5.74) is 0.0536. The average molecular weight is 333 g/mol. The Morgan fingerprint density at radius 3 is 2.75 bits per heavy atom. The van der Waals surface area contributed by atoms with Gasteiger partial charge in [-0.3, -0.25) is 9.59 Å². The number of nitrogens with one attached hydrogen (secondary N) is 1. The third-order valence-electron chi connectivity index (χ3n) is 5.15. The predicted molar refractivity (Wildman–Crippen MR) is 92.1 cm³/mol. The smallest absolute Gasteiger partial charge is 0.274 e. The molecule has 0 spiro atoms. The molecular formula is C17H27N5O2. The van der Waals surface area contributed by atoms with Crippen LogP contribution in [0.1, 0.15) is 36.2 Å². The highest BCUT2D eigenvalue weighted by Crippen LogP contribution is 2.22. The van der Waals surface area contributed by atoms with Gasteiger partial charge in [0.2, 0.25) is 0 Å². The molecular weight excluding hydrogens is 306 g/mol. The molecule has 0 aliphatic carbocycles. The van der Waals surface area contributed by atoms with Crippen LogP contribution >= 0.6 is 0 Å². The third-order valence-corrected chi connectivity index (χ3v) is 5.15. The number of amides is 1. The quantitative estimate of drug-likeness (QED) is 0.864. The van der Waals surface area contributed by atoms with Gasteiger partial charge in [-0.2, -0.15) is 0 Å². The molecule has 2 saturated heterocycles. The van der Waals surface area contributed by atoms with Crippen LogP contribution in [-0.4, -0.2) is 82.9 Å². The number of carbonyl (C=O) groups excluding carboxylic acids is 1. The van der Waals surface area contributed by atoms with Crippen molar-refractivity contribution in [1.82, 2.24) is 24.7 Å². The first-order valence-corrected chi connectivity index (χ1v) is 8.90. The minimum atomic E-state index is -0.281. The molecule has 1 atom stereocenters. The largest absolute Gasteiger partial charge is 0.334 e. The van der Waals surface area contributed by atoms with Gasteiger partial charge in [0.1, 0.15) is 5.69 Å². The Balaban J connectivity index is 1.59. The number of H-pyrrole nitrogens is 1. The SMILES string of the molecule is CN1CCN(CC[C@H]2CCCCN2C(=O)c2c[nH]c(=O)cn2)CC1. The van der Waals surface area contributed by atoms with Crippen molar-refractivity contribution in [3.8, 4) is 0 Å². The molecule has 0 bridgehead atoms. The van der Waals surface area contributed by atoms with Gasteiger partial charge in [-0.25, -0.2) is 4.98 Å². The molecule has 24 heavy (non-hydrogen) atoms. The summed E-state index contributed by atoms with van der Waals surface area (Å²) in [6.45, 7) is 6.29. The van der Waals surface area contributed by atoms with E-state index in [0.29, 0.717) is 5.69 Å². The number of hydrogen-bond acceptors (Lipinski definition) is 5. The van der Waals surface area contributed by atoms with Crippen molar-refractivity contribution in [3.05, 3.63) is 28.4 Å². The van der Waals surface area contributed by atoms with Crippen molar-refractivity contribution >= 4 is 5.91 Å². The zero-order valence-corrected chi connectivity index (χ0v) is 14.4. The number of piperazine rings is 1. The van der Waals surface area contributed by atoms with Gasteiger partial charge in [-0.15, -0.1) is 0 Å². The summed E-state index contributed by atoms with van der Waals surface area (Å²) < 4.78 is 0. The molecule has 1 aromatic heterocycles. The highest BCUT2D eigenvalue weighted by atomic mass is 16.2. The van der Waals surface area contributed by atoms with Gasteiger partial charge in [0.25, 0.3) is 11.5 Å². The van der Waals surface area contributed by atoms with Gasteiger partial charge in [-0.1, -0.05) is 0 Å². The molecule has 2 aliphatic rings. The third kappa shape index (κ3) is 4.21. The lowest BCUT2D eigenvalue weighted by Crippen LogP contribution is -2.48. The number of likely N-dealkylation sites (tertiary alicyclic amines) is 1. The number of nitrogens with zero attached hydrogens (tertiary/aromatic N) is 4. The maximum absolute atomic E-state index is 12.7. The standard InChI is InChI=1S/C17H27N5O2/c1-20-8-10-21(11-9-20)7-5-14-4-2-3-6-22(14)17(24)15-12-19-16(23)13-18-15/h12-14H,2-11H2,1H3,(H,19,23)/t14-/m1/s1. The second-order valence-corrected chi connectivity index (χ2v) is 6.88. The lowest BCUT2D eigenvalue weighted by molar-refractivity contribution is 0.0563. The fourth-order valence-electron chi connectivity index (χ4n) is 3.58. The van der Waals surface area contributed by atoms with Gasteiger partial charge in [0, 0.05) is 51.5 Å². The summed E-state index contributed by atoms with van der Waals surface area (Å²) in [6.07, 6.45) is 6.89. The van der Waals surface area contributed by atoms with Crippen LogP contribution in [-0.2, 0) is 0 Å². The fraction of sp³-hybridized carbons (Fsp3) is 0.706. The Morgan fingerprint density at radius 1 is 1.25 bits per heavy atom. The molecule has 0 unspecified atom stereocenters. The summed E-state index contributed by atoms with van der Waals surface area (Å²) in [6, 6.07) is 0.277. The van der Waals surface area contributed by atoms with Crippen molar-refractivity contribution in [3.63, 3.8) is 0 Å². The second kappa shape index (κ2) is 7.90. The second-order valence-electron chi connectivity index (χ2n) is 6.88. The summed E-state index contributed by atoms with van der Waals surface area (Å²) in [4.78, 5) is 37.2. The molecule has 1 aromatic rings. The van der Waals surface area contributed by atoms with Crippen LogP contribution < -0.4 is 5.56 Å². The first-order chi connectivity index (χ1) is 11.6. The Morgan fingerprint density at radius 2 is 2.04 bits per heavy atom. The number of aromatic amines is 1. The lowest BCUT2D eigenvalue weighted by Gasteiger charge is -2.38. The minimum absolute atomic E-state index is 0.0608. The Hall–Kier alpha value is -1.73. The summed E-state index contributed by atoms with van der Waals surface area (Å²) in [7, 11) is 2.16. The van der Waals surface area contributed by atoms with E-state index in [1.807, 2.05) is 4.90 Å². The van der Waals surface area contributed by atoms with Crippen LogP contribution in [0.4, 0.5) is 0 Å². The van der Waals surface area contributed by atoms with Crippen LogP contribution in [0.5, 0.6) is 0 Å². The van der Waals surface area contributed by atoms with Crippen LogP contribution in [0.25, 0.3) is 0 Å². The number of likely N-dealkylation sites (N-methyl/N-ethyl adjacent to an activating group) is 1. The van der Waals surface area contributed by atoms with E-state index in [0.717, 1.165) is 58.5 Å². The monoisotopic (exact) mass is 333 g/mol. The van der Waals surface area contributed by atoms with E-state index >= 15 is 0 Å². The van der Waals surface area contributed by atoms with Gasteiger partial charge in [0.15, 0.2) is 0 Å². The normalized spacial score (nSPS) is 23.4. The first-order valence-electron chi connectivity index (χ1n) is 8.90. The topological polar surface area (TPSA) is 72.5 Å². The number of aromatic nitrogens is 2. The van der Waals surface area contributed by atoms with Crippen LogP contribution in [0, 0.1) is 0 Å². The lowest BCUT2D eigenvalue weighted by atomic mass is 9.98. The van der Waals surface area contributed by atoms with Crippen LogP contribution in [0.2, 0.25) is 0 Å². The van der Waals surface area contributed by atoms with E-state index < -0.39 is 0 Å². The molecule has 132 valence electrons. The van der Waals surface area contributed by atoms with E-state index in [2.05, 4.69) is 26.8 Å². The number of piperidine rings is 1. The van der Waals surface area contributed by atoms with E-state index in [4.69, 9.17) is 0 Å². The molecule has 2 fully saturated rings. The molecule has 0 radical (unpaired) electrons. The molecule has 1 amide bonds. The number of hydrogen-bond donors (Lipinski definition) is 1. The highest BCUT2D eigenvalue weighted by Gasteiger charge is 2.28. The van der Waals surface area contributed by atoms with Crippen LogP contribution in [0.3, 0.4) is 0 Å². The zero-order valence-electron chi connectivity index (χ0n) is 14.4. The van der Waals surface area contributed by atoms with Crippen molar-refractivity contribution in [2.45, 2.75) is 31.7 Å². The highest BCUT2D eigenvalue weighted by molar-refractivity contribution is 5.92. The van der Waals surface area contributed by atoms with Gasteiger partial charge in [0.05, 0.1) is 6.20 Å². The number of carbonyl (C=O) groups is 1. The van der Waals surface area contributed by atoms with Crippen molar-refractivity contribution in [2.75, 3.05) is 46.3 Å². The average Bonchev–Trinajstić information content (AvgIpc) is 2.61. The maximum atomic E-state index is 12.7. The Labute approximate surface area is 142 Å².